The van der Waals surface area contributed by atoms with Gasteiger partial charge in [0.1, 0.15) is 11.9 Å². The fourth-order valence-electron chi connectivity index (χ4n) is 1.85. The minimum absolute atomic E-state index is 0.559. The van der Waals surface area contributed by atoms with Crippen LogP contribution in [0.1, 0.15) is 11.1 Å². The summed E-state index contributed by atoms with van der Waals surface area (Å²) >= 11 is 0. The number of benzene rings is 1. The van der Waals surface area contributed by atoms with Crippen molar-refractivity contribution in [3.63, 3.8) is 0 Å². The smallest absolute Gasteiger partial charge is 0.130 e. The second-order valence-electron chi connectivity index (χ2n) is 4.56. The van der Waals surface area contributed by atoms with Crippen LogP contribution in [-0.2, 0) is 0 Å². The average Bonchev–Trinajstić information content (AvgIpc) is 2.41. The Hall–Kier alpha value is -2.54. The van der Waals surface area contributed by atoms with E-state index in [0.717, 1.165) is 11.5 Å². The van der Waals surface area contributed by atoms with E-state index in [0.29, 0.717) is 5.56 Å². The third-order valence-corrected chi connectivity index (χ3v) is 2.86. The molecule has 0 aliphatic heterocycles. The van der Waals surface area contributed by atoms with E-state index in [1.165, 1.54) is 11.3 Å². The van der Waals surface area contributed by atoms with Gasteiger partial charge in [-0.1, -0.05) is 6.07 Å². The minimum atomic E-state index is 0.559. The molecule has 1 N–H and O–H groups in total. The zero-order valence-corrected chi connectivity index (χ0v) is 11.3. The van der Waals surface area contributed by atoms with Crippen molar-refractivity contribution in [1.82, 2.24) is 4.98 Å². The van der Waals surface area contributed by atoms with Crippen LogP contribution in [0.3, 0.4) is 0 Å². The van der Waals surface area contributed by atoms with E-state index in [2.05, 4.69) is 40.3 Å². The molecule has 1 aromatic heterocycles. The topological polar surface area (TPSA) is 52.0 Å². The lowest BCUT2D eigenvalue weighted by molar-refractivity contribution is 1.11. The standard InChI is InChI=1S/C15H16N4/c1-11-4-6-13(8-14(11)19(2)3)18-15-7-5-12(9-16)10-17-15/h4-8,10H,1-3H3,(H,17,18). The van der Waals surface area contributed by atoms with Gasteiger partial charge in [0.05, 0.1) is 5.56 Å². The van der Waals surface area contributed by atoms with E-state index in [-0.39, 0.29) is 0 Å². The zero-order chi connectivity index (χ0) is 13.8. The highest BCUT2D eigenvalue weighted by atomic mass is 15.1. The Balaban J connectivity index is 2.23. The second-order valence-corrected chi connectivity index (χ2v) is 4.56. The first-order valence-corrected chi connectivity index (χ1v) is 6.01. The molecule has 0 saturated heterocycles. The molecular weight excluding hydrogens is 236 g/mol. The molecule has 0 spiro atoms. The number of aromatic nitrogens is 1. The SMILES string of the molecule is Cc1ccc(Nc2ccc(C#N)cn2)cc1N(C)C. The van der Waals surface area contributed by atoms with Crippen molar-refractivity contribution in [2.24, 2.45) is 0 Å². The number of pyridine rings is 1. The number of nitrogens with zero attached hydrogens (tertiary/aromatic N) is 3. The van der Waals surface area contributed by atoms with Gasteiger partial charge >= 0.3 is 0 Å². The molecule has 1 aromatic carbocycles. The average molecular weight is 252 g/mol. The molecule has 1 heterocycles. The van der Waals surface area contributed by atoms with Crippen LogP contribution in [0.15, 0.2) is 36.5 Å². The molecule has 0 radical (unpaired) electrons. The molecular formula is C15H16N4. The van der Waals surface area contributed by atoms with Crippen molar-refractivity contribution in [1.29, 1.82) is 5.26 Å². The van der Waals surface area contributed by atoms with Crippen molar-refractivity contribution in [3.8, 4) is 6.07 Å². The molecule has 0 bridgehead atoms. The predicted molar refractivity (Wildman–Crippen MR) is 77.7 cm³/mol. The predicted octanol–water partition coefficient (Wildman–Crippen LogP) is 3.07. The summed E-state index contributed by atoms with van der Waals surface area (Å²) in [7, 11) is 4.04. The molecule has 19 heavy (non-hydrogen) atoms. The van der Waals surface area contributed by atoms with Gasteiger partial charge in [-0.2, -0.15) is 5.26 Å². The highest BCUT2D eigenvalue weighted by molar-refractivity contribution is 5.66. The van der Waals surface area contributed by atoms with E-state index >= 15 is 0 Å². The van der Waals surface area contributed by atoms with Crippen LogP contribution in [-0.4, -0.2) is 19.1 Å². The number of hydrogen-bond acceptors (Lipinski definition) is 4. The van der Waals surface area contributed by atoms with Crippen molar-refractivity contribution in [2.75, 3.05) is 24.3 Å². The van der Waals surface area contributed by atoms with Crippen LogP contribution in [0.4, 0.5) is 17.2 Å². The van der Waals surface area contributed by atoms with Gasteiger partial charge in [0.2, 0.25) is 0 Å². The van der Waals surface area contributed by atoms with Gasteiger partial charge < -0.3 is 10.2 Å². The lowest BCUT2D eigenvalue weighted by Crippen LogP contribution is -2.10. The number of nitriles is 1. The summed E-state index contributed by atoms with van der Waals surface area (Å²) in [5.41, 5.74) is 3.93. The summed E-state index contributed by atoms with van der Waals surface area (Å²) in [5, 5.41) is 12.0. The van der Waals surface area contributed by atoms with E-state index in [1.54, 1.807) is 18.3 Å². The molecule has 2 aromatic rings. The maximum absolute atomic E-state index is 8.73. The van der Waals surface area contributed by atoms with Crippen LogP contribution in [0.5, 0.6) is 0 Å². The van der Waals surface area contributed by atoms with Gasteiger partial charge in [0.25, 0.3) is 0 Å². The summed E-state index contributed by atoms with van der Waals surface area (Å²) in [4.78, 5) is 6.27. The van der Waals surface area contributed by atoms with Gasteiger partial charge in [-0.3, -0.25) is 0 Å². The van der Waals surface area contributed by atoms with Gasteiger partial charge in [0.15, 0.2) is 0 Å². The molecule has 2 rings (SSSR count). The summed E-state index contributed by atoms with van der Waals surface area (Å²) in [5.74, 6) is 0.729. The van der Waals surface area contributed by atoms with E-state index in [9.17, 15) is 0 Å². The van der Waals surface area contributed by atoms with Crippen molar-refractivity contribution >= 4 is 17.2 Å². The van der Waals surface area contributed by atoms with E-state index < -0.39 is 0 Å². The largest absolute Gasteiger partial charge is 0.377 e. The zero-order valence-electron chi connectivity index (χ0n) is 11.3. The molecule has 0 saturated carbocycles. The lowest BCUT2D eigenvalue weighted by Gasteiger charge is -2.17. The van der Waals surface area contributed by atoms with Gasteiger partial charge in [-0.25, -0.2) is 4.98 Å². The highest BCUT2D eigenvalue weighted by Crippen LogP contribution is 2.24. The van der Waals surface area contributed by atoms with Crippen LogP contribution in [0.2, 0.25) is 0 Å². The molecule has 0 aliphatic carbocycles. The summed E-state index contributed by atoms with van der Waals surface area (Å²) < 4.78 is 0. The Kier molecular flexibility index (Phi) is 3.67. The van der Waals surface area contributed by atoms with Crippen molar-refractivity contribution in [3.05, 3.63) is 47.7 Å². The van der Waals surface area contributed by atoms with Gasteiger partial charge in [-0.15, -0.1) is 0 Å². The molecule has 0 amide bonds. The van der Waals surface area contributed by atoms with Gasteiger partial charge in [0, 0.05) is 31.7 Å². The second kappa shape index (κ2) is 5.40. The number of rotatable bonds is 3. The molecule has 0 fully saturated rings. The monoisotopic (exact) mass is 252 g/mol. The first-order valence-electron chi connectivity index (χ1n) is 6.01. The van der Waals surface area contributed by atoms with Gasteiger partial charge in [-0.05, 0) is 36.8 Å². The van der Waals surface area contributed by atoms with Crippen molar-refractivity contribution < 1.29 is 0 Å². The number of aryl methyl sites for hydroxylation is 1. The number of hydrogen-bond donors (Lipinski definition) is 1. The molecule has 96 valence electrons. The summed E-state index contributed by atoms with van der Waals surface area (Å²) in [6, 6.07) is 11.8. The third-order valence-electron chi connectivity index (χ3n) is 2.86. The summed E-state index contributed by atoms with van der Waals surface area (Å²) in [6.07, 6.45) is 1.56. The van der Waals surface area contributed by atoms with Crippen LogP contribution < -0.4 is 10.2 Å². The third kappa shape index (κ3) is 3.02. The fourth-order valence-corrected chi connectivity index (χ4v) is 1.85. The maximum atomic E-state index is 8.73. The fraction of sp³-hybridized carbons (Fsp3) is 0.200. The van der Waals surface area contributed by atoms with E-state index in [4.69, 9.17) is 5.26 Å². The number of anilines is 3. The first kappa shape index (κ1) is 12.9. The Morgan fingerprint density at radius 1 is 1.21 bits per heavy atom. The number of nitrogens with one attached hydrogen (secondary N) is 1. The Labute approximate surface area is 113 Å². The molecule has 0 atom stereocenters. The van der Waals surface area contributed by atoms with Crippen LogP contribution in [0.25, 0.3) is 0 Å². The maximum Gasteiger partial charge on any atom is 0.130 e. The Morgan fingerprint density at radius 2 is 2.00 bits per heavy atom. The quantitative estimate of drug-likeness (QED) is 0.912. The molecule has 4 nitrogen and oxygen atoms in total. The molecule has 4 heteroatoms. The minimum Gasteiger partial charge on any atom is -0.377 e. The van der Waals surface area contributed by atoms with Crippen LogP contribution in [0, 0.1) is 18.3 Å². The van der Waals surface area contributed by atoms with Crippen LogP contribution >= 0.6 is 0 Å². The lowest BCUT2D eigenvalue weighted by atomic mass is 10.1. The molecule has 0 unspecified atom stereocenters. The normalized spacial score (nSPS) is 9.79. The highest BCUT2D eigenvalue weighted by Gasteiger charge is 2.03. The summed E-state index contributed by atoms with van der Waals surface area (Å²) in [6.45, 7) is 2.08. The molecule has 0 aliphatic rings. The Bertz CT molecular complexity index is 609. The first-order chi connectivity index (χ1) is 9.10. The van der Waals surface area contributed by atoms with E-state index in [1.807, 2.05) is 20.2 Å². The van der Waals surface area contributed by atoms with Crippen molar-refractivity contribution in [2.45, 2.75) is 6.92 Å². The Morgan fingerprint density at radius 3 is 2.58 bits per heavy atom.